The van der Waals surface area contributed by atoms with Crippen LogP contribution in [0.15, 0.2) is 182 Å². The Hall–Kier alpha value is -6.90. The summed E-state index contributed by atoms with van der Waals surface area (Å²) in [6, 6.07) is 68.4. The van der Waals surface area contributed by atoms with Gasteiger partial charge in [0.05, 0.1) is 22.7 Å². The Morgan fingerprint density at radius 3 is 1.25 bits per heavy atom. The first-order chi connectivity index (χ1) is 29.7. The van der Waals surface area contributed by atoms with Crippen LogP contribution < -0.4 is 9.80 Å². The molecule has 2 nitrogen and oxygen atoms in total. The molecule has 8 aromatic carbocycles. The third-order valence-electron chi connectivity index (χ3n) is 14.6. The van der Waals surface area contributed by atoms with Crippen LogP contribution in [0.5, 0.6) is 0 Å². The molecule has 12 rings (SSSR count). The Balaban J connectivity index is 0.914. The number of nitrogens with zero attached hydrogens (tertiary/aromatic N) is 2. The number of hydrogen-bond donors (Lipinski definition) is 0. The highest BCUT2D eigenvalue weighted by molar-refractivity contribution is 5.91. The number of benzene rings is 8. The molecule has 0 radical (unpaired) electrons. The Labute approximate surface area is 360 Å². The minimum atomic E-state index is -0.139. The Morgan fingerprint density at radius 1 is 0.361 bits per heavy atom. The fourth-order valence-corrected chi connectivity index (χ4v) is 11.6. The molecule has 8 aromatic rings. The van der Waals surface area contributed by atoms with Crippen LogP contribution in [-0.2, 0) is 29.1 Å². The number of fused-ring (bicyclic) bond motifs is 10. The highest BCUT2D eigenvalue weighted by Gasteiger charge is 2.48. The minimum Gasteiger partial charge on any atom is -0.310 e. The van der Waals surface area contributed by atoms with Gasteiger partial charge < -0.3 is 9.80 Å². The number of anilines is 6. The second-order valence-electron chi connectivity index (χ2n) is 18.7. The van der Waals surface area contributed by atoms with Gasteiger partial charge in [-0.25, -0.2) is 0 Å². The maximum Gasteiger partial charge on any atom is 0.0502 e. The average molecular weight is 785 g/mol. The second-order valence-corrected chi connectivity index (χ2v) is 18.7. The molecule has 0 aromatic heterocycles. The van der Waals surface area contributed by atoms with E-state index in [4.69, 9.17) is 0 Å². The molecule has 0 saturated carbocycles. The minimum absolute atomic E-state index is 0.0744. The normalized spacial score (nSPS) is 16.7. The summed E-state index contributed by atoms with van der Waals surface area (Å²) in [6.07, 6.45) is 6.58. The smallest absolute Gasteiger partial charge is 0.0502 e. The zero-order valence-corrected chi connectivity index (χ0v) is 35.3. The molecule has 0 unspecified atom stereocenters. The van der Waals surface area contributed by atoms with Crippen molar-refractivity contribution in [2.45, 2.75) is 56.8 Å². The van der Waals surface area contributed by atoms with E-state index in [1.807, 2.05) is 0 Å². The Morgan fingerprint density at radius 2 is 0.738 bits per heavy atom. The molecule has 0 atom stereocenters. The SMILES string of the molecule is CC1(C)c2ccccc2N(c2ccc(C=Cc3ccc4c(c3)C3(Cc5ccccc5C3)c3cc(N5c6ccccc6C(C)(C)c6ccccc65)ccc3-4)cc2)c2ccccc21. The molecule has 1 spiro atoms. The monoisotopic (exact) mass is 784 g/mol. The van der Waals surface area contributed by atoms with E-state index < -0.39 is 0 Å². The molecule has 0 N–H and O–H groups in total. The third-order valence-corrected chi connectivity index (χ3v) is 14.6. The van der Waals surface area contributed by atoms with Gasteiger partial charge >= 0.3 is 0 Å². The van der Waals surface area contributed by atoms with Gasteiger partial charge in [0, 0.05) is 27.6 Å². The lowest BCUT2D eigenvalue weighted by molar-refractivity contribution is 0.563. The summed E-state index contributed by atoms with van der Waals surface area (Å²) in [5.74, 6) is 0. The Kier molecular flexibility index (Phi) is 7.70. The van der Waals surface area contributed by atoms with Gasteiger partial charge in [0.15, 0.2) is 0 Å². The van der Waals surface area contributed by atoms with Crippen LogP contribution in [-0.4, -0.2) is 0 Å². The van der Waals surface area contributed by atoms with Gasteiger partial charge in [-0.2, -0.15) is 0 Å². The molecule has 2 aliphatic heterocycles. The van der Waals surface area contributed by atoms with Gasteiger partial charge in [-0.05, 0) is 128 Å². The van der Waals surface area contributed by atoms with Crippen molar-refractivity contribution in [1.29, 1.82) is 0 Å². The molecule has 2 heteroatoms. The summed E-state index contributed by atoms with van der Waals surface area (Å²) in [6.45, 7) is 9.41. The molecule has 0 saturated heterocycles. The van der Waals surface area contributed by atoms with Crippen molar-refractivity contribution in [3.05, 3.63) is 238 Å². The summed E-state index contributed by atoms with van der Waals surface area (Å²) >= 11 is 0. The molecule has 0 amide bonds. The van der Waals surface area contributed by atoms with Crippen molar-refractivity contribution in [2.75, 3.05) is 9.80 Å². The van der Waals surface area contributed by atoms with Gasteiger partial charge in [0.25, 0.3) is 0 Å². The predicted octanol–water partition coefficient (Wildman–Crippen LogP) is 15.1. The maximum absolute atomic E-state index is 2.53. The first-order valence-corrected chi connectivity index (χ1v) is 21.9. The van der Waals surface area contributed by atoms with E-state index in [-0.39, 0.29) is 16.2 Å². The predicted molar refractivity (Wildman–Crippen MR) is 255 cm³/mol. The van der Waals surface area contributed by atoms with Crippen LogP contribution >= 0.6 is 0 Å². The van der Waals surface area contributed by atoms with E-state index in [9.17, 15) is 0 Å². The van der Waals surface area contributed by atoms with Crippen LogP contribution in [0, 0.1) is 0 Å². The van der Waals surface area contributed by atoms with Crippen molar-refractivity contribution in [3.63, 3.8) is 0 Å². The fraction of sp³-hybridized carbons (Fsp3) is 0.153. The summed E-state index contributed by atoms with van der Waals surface area (Å²) in [5.41, 5.74) is 23.5. The molecule has 61 heavy (non-hydrogen) atoms. The summed E-state index contributed by atoms with van der Waals surface area (Å²) in [4.78, 5) is 4.94. The molecule has 2 aliphatic carbocycles. The molecule has 2 heterocycles. The number of para-hydroxylation sites is 4. The first kappa shape index (κ1) is 36.0. The van der Waals surface area contributed by atoms with Crippen LogP contribution in [0.25, 0.3) is 23.3 Å². The highest BCUT2D eigenvalue weighted by Crippen LogP contribution is 2.58. The molecular formula is C59H48N2. The molecule has 0 bridgehead atoms. The standard InChI is InChI=1S/C59H48N2/c1-57(2)47-17-7-11-21-53(47)60(54-22-12-8-18-48(54)57)43-30-27-39(28-31-43)25-26-40-29-33-45-46-34-32-44(36-52(46)59(51(45)35-40)37-41-15-5-6-16-42(41)38-59)61-55-23-13-9-19-49(55)58(3,4)50-20-10-14-24-56(50)61/h5-36H,37-38H2,1-4H3. The van der Waals surface area contributed by atoms with Crippen molar-refractivity contribution in [1.82, 2.24) is 0 Å². The van der Waals surface area contributed by atoms with E-state index in [0.29, 0.717) is 0 Å². The largest absolute Gasteiger partial charge is 0.310 e. The fourth-order valence-electron chi connectivity index (χ4n) is 11.6. The zero-order chi connectivity index (χ0) is 41.1. The van der Waals surface area contributed by atoms with Gasteiger partial charge in [0.2, 0.25) is 0 Å². The first-order valence-electron chi connectivity index (χ1n) is 21.9. The van der Waals surface area contributed by atoms with E-state index in [2.05, 4.69) is 232 Å². The molecule has 0 fully saturated rings. The van der Waals surface area contributed by atoms with Crippen molar-refractivity contribution in [2.24, 2.45) is 0 Å². The van der Waals surface area contributed by atoms with Gasteiger partial charge in [0.1, 0.15) is 0 Å². The molecule has 4 aliphatic rings. The van der Waals surface area contributed by atoms with E-state index in [1.165, 1.54) is 101 Å². The van der Waals surface area contributed by atoms with Crippen LogP contribution in [0.2, 0.25) is 0 Å². The third kappa shape index (κ3) is 5.21. The lowest BCUT2D eigenvalue weighted by atomic mass is 9.73. The van der Waals surface area contributed by atoms with E-state index >= 15 is 0 Å². The van der Waals surface area contributed by atoms with Crippen LogP contribution in [0.1, 0.15) is 83.3 Å². The van der Waals surface area contributed by atoms with Crippen LogP contribution in [0.3, 0.4) is 0 Å². The number of rotatable bonds is 4. The van der Waals surface area contributed by atoms with Gasteiger partial charge in [-0.3, -0.25) is 0 Å². The van der Waals surface area contributed by atoms with Gasteiger partial charge in [-0.1, -0.05) is 173 Å². The summed E-state index contributed by atoms with van der Waals surface area (Å²) < 4.78 is 0. The van der Waals surface area contributed by atoms with Crippen molar-refractivity contribution in [3.8, 4) is 11.1 Å². The van der Waals surface area contributed by atoms with E-state index in [1.54, 1.807) is 0 Å². The highest BCUT2D eigenvalue weighted by atomic mass is 15.2. The average Bonchev–Trinajstić information content (AvgIpc) is 3.81. The van der Waals surface area contributed by atoms with Gasteiger partial charge in [-0.15, -0.1) is 0 Å². The topological polar surface area (TPSA) is 6.48 Å². The molecular weight excluding hydrogens is 737 g/mol. The summed E-state index contributed by atoms with van der Waals surface area (Å²) in [7, 11) is 0. The van der Waals surface area contributed by atoms with Crippen molar-refractivity contribution >= 4 is 46.3 Å². The van der Waals surface area contributed by atoms with Crippen molar-refractivity contribution < 1.29 is 0 Å². The Bertz CT molecular complexity index is 2980. The van der Waals surface area contributed by atoms with Crippen LogP contribution in [0.4, 0.5) is 34.1 Å². The lowest BCUT2D eigenvalue weighted by Crippen LogP contribution is -2.31. The number of hydrogen-bond acceptors (Lipinski definition) is 2. The zero-order valence-electron chi connectivity index (χ0n) is 35.3. The quantitative estimate of drug-likeness (QED) is 0.164. The summed E-state index contributed by atoms with van der Waals surface area (Å²) in [5, 5.41) is 0. The molecule has 294 valence electrons. The second kappa shape index (κ2) is 13.0. The maximum atomic E-state index is 2.53. The lowest BCUT2D eigenvalue weighted by Gasteiger charge is -2.42. The van der Waals surface area contributed by atoms with E-state index in [0.717, 1.165) is 12.8 Å².